The van der Waals surface area contributed by atoms with Crippen molar-refractivity contribution in [2.75, 3.05) is 5.32 Å². The second-order valence-electron chi connectivity index (χ2n) is 13.5. The van der Waals surface area contributed by atoms with Crippen LogP contribution in [0.25, 0.3) is 43.8 Å². The normalized spacial score (nSPS) is 14.7. The van der Waals surface area contributed by atoms with Gasteiger partial charge in [-0.2, -0.15) is 5.01 Å². The van der Waals surface area contributed by atoms with Crippen LogP contribution >= 0.6 is 0 Å². The maximum atomic E-state index is 5.11. The number of rotatable bonds is 10. The predicted molar refractivity (Wildman–Crippen MR) is 227 cm³/mol. The number of nitrogens with zero attached hydrogens (tertiary/aromatic N) is 3. The molecule has 260 valence electrons. The highest BCUT2D eigenvalue weighted by atomic mass is 15.6. The molecule has 0 bridgehead atoms. The number of aliphatic imine (C=N–C) groups is 1. The molecule has 7 aromatic carbocycles. The zero-order chi connectivity index (χ0) is 36.3. The summed E-state index contributed by atoms with van der Waals surface area (Å²) in [6.07, 6.45) is 7.95. The number of hydrogen-bond acceptors (Lipinski definition) is 4. The molecule has 1 unspecified atom stereocenters. The van der Waals surface area contributed by atoms with Crippen molar-refractivity contribution in [1.82, 2.24) is 15.0 Å². The van der Waals surface area contributed by atoms with Gasteiger partial charge in [0.05, 0.1) is 11.0 Å². The number of para-hydroxylation sites is 2. The summed E-state index contributed by atoms with van der Waals surface area (Å²) in [5, 5.41) is 10.5. The van der Waals surface area contributed by atoms with Crippen molar-refractivity contribution >= 4 is 49.7 Å². The van der Waals surface area contributed by atoms with Gasteiger partial charge in [-0.3, -0.25) is 0 Å². The highest BCUT2D eigenvalue weighted by Crippen LogP contribution is 2.40. The molecule has 0 aliphatic carbocycles. The van der Waals surface area contributed by atoms with Crippen molar-refractivity contribution in [3.05, 3.63) is 223 Å². The predicted octanol–water partition coefficient (Wildman–Crippen LogP) is 11.6. The first-order chi connectivity index (χ1) is 26.7. The van der Waals surface area contributed by atoms with Crippen LogP contribution in [0.15, 0.2) is 206 Å². The quantitative estimate of drug-likeness (QED) is 0.140. The molecule has 8 aromatic rings. The van der Waals surface area contributed by atoms with Crippen LogP contribution in [0.5, 0.6) is 0 Å². The van der Waals surface area contributed by atoms with Crippen LogP contribution in [0, 0.1) is 0 Å². The summed E-state index contributed by atoms with van der Waals surface area (Å²) in [7, 11) is 0. The Hall–Kier alpha value is -6.95. The van der Waals surface area contributed by atoms with Crippen LogP contribution in [-0.4, -0.2) is 15.4 Å². The molecule has 0 amide bonds. The third-order valence-electron chi connectivity index (χ3n) is 10.0. The van der Waals surface area contributed by atoms with Crippen molar-refractivity contribution in [2.24, 2.45) is 4.99 Å². The molecular formula is C49H39N5. The first kappa shape index (κ1) is 32.9. The van der Waals surface area contributed by atoms with E-state index in [1.807, 2.05) is 42.6 Å². The van der Waals surface area contributed by atoms with E-state index in [0.717, 1.165) is 46.0 Å². The molecule has 0 radical (unpaired) electrons. The van der Waals surface area contributed by atoms with Crippen LogP contribution < -0.4 is 10.7 Å². The Labute approximate surface area is 315 Å². The fourth-order valence-electron chi connectivity index (χ4n) is 7.48. The monoisotopic (exact) mass is 697 g/mol. The lowest BCUT2D eigenvalue weighted by Gasteiger charge is -2.23. The van der Waals surface area contributed by atoms with Gasteiger partial charge >= 0.3 is 0 Å². The topological polar surface area (TPSA) is 44.6 Å². The molecule has 0 saturated heterocycles. The number of hydrazine groups is 1. The van der Waals surface area contributed by atoms with Crippen molar-refractivity contribution in [3.8, 4) is 5.69 Å². The second kappa shape index (κ2) is 14.6. The Morgan fingerprint density at radius 3 is 2.07 bits per heavy atom. The molecule has 1 atom stereocenters. The van der Waals surface area contributed by atoms with Crippen molar-refractivity contribution < 1.29 is 0 Å². The standard InChI is InChI=1S/C49H39N5/c1-35(44-33-46-47(42-25-12-11-24-41(42)44)43-26-13-14-27-45(43)54(46)40-22-9-4-10-23-40)17-15-16-32-50-39-30-28-38(29-31-39)49-51-48(37-20-7-3-8-21-37)52-53(49)34-36-18-5-2-6-19-36/h2-33,49-50H,1,34H2,(H,51,52)/b17-15-,32-16-. The van der Waals surface area contributed by atoms with E-state index in [0.29, 0.717) is 0 Å². The molecule has 1 aromatic heterocycles. The third kappa shape index (κ3) is 6.38. The van der Waals surface area contributed by atoms with Crippen molar-refractivity contribution in [2.45, 2.75) is 12.7 Å². The summed E-state index contributed by atoms with van der Waals surface area (Å²) in [4.78, 5) is 5.11. The van der Waals surface area contributed by atoms with E-state index < -0.39 is 0 Å². The minimum absolute atomic E-state index is 0.150. The van der Waals surface area contributed by atoms with E-state index in [1.165, 1.54) is 38.1 Å². The number of allylic oxidation sites excluding steroid dienone is 4. The van der Waals surface area contributed by atoms with Crippen LogP contribution in [0.1, 0.15) is 28.4 Å². The van der Waals surface area contributed by atoms with E-state index in [9.17, 15) is 0 Å². The lowest BCUT2D eigenvalue weighted by molar-refractivity contribution is 0.181. The number of amidine groups is 1. The maximum absolute atomic E-state index is 5.11. The zero-order valence-electron chi connectivity index (χ0n) is 29.8. The smallest absolute Gasteiger partial charge is 0.147 e. The molecule has 54 heavy (non-hydrogen) atoms. The van der Waals surface area contributed by atoms with Crippen molar-refractivity contribution in [1.29, 1.82) is 0 Å². The Bertz CT molecular complexity index is 2690. The number of hydrogen-bond donors (Lipinski definition) is 2. The Kier molecular flexibility index (Phi) is 8.89. The van der Waals surface area contributed by atoms with Gasteiger partial charge in [-0.05, 0) is 75.5 Å². The highest BCUT2D eigenvalue weighted by molar-refractivity contribution is 6.23. The van der Waals surface area contributed by atoms with E-state index in [1.54, 1.807) is 0 Å². The van der Waals surface area contributed by atoms with Gasteiger partial charge in [-0.1, -0.05) is 152 Å². The van der Waals surface area contributed by atoms with E-state index in [4.69, 9.17) is 4.99 Å². The first-order valence-electron chi connectivity index (χ1n) is 18.3. The summed E-state index contributed by atoms with van der Waals surface area (Å²) in [6, 6.07) is 59.5. The number of anilines is 1. The molecule has 1 aliphatic rings. The van der Waals surface area contributed by atoms with E-state index in [2.05, 4.69) is 179 Å². The fraction of sp³-hybridized carbons (Fsp3) is 0.0408. The van der Waals surface area contributed by atoms with Gasteiger partial charge in [-0.15, -0.1) is 0 Å². The molecule has 1 aliphatic heterocycles. The number of nitrogens with one attached hydrogen (secondary N) is 2. The molecule has 2 N–H and O–H groups in total. The van der Waals surface area contributed by atoms with Crippen LogP contribution in [-0.2, 0) is 6.54 Å². The summed E-state index contributed by atoms with van der Waals surface area (Å²) in [5.41, 5.74) is 13.5. The average molecular weight is 698 g/mol. The number of benzene rings is 7. The van der Waals surface area contributed by atoms with Crippen LogP contribution in [0.3, 0.4) is 0 Å². The number of fused-ring (bicyclic) bond motifs is 5. The molecule has 5 heteroatoms. The largest absolute Gasteiger partial charge is 0.362 e. The second-order valence-corrected chi connectivity index (χ2v) is 13.5. The molecule has 9 rings (SSSR count). The van der Waals surface area contributed by atoms with Gasteiger partial charge in [0.15, 0.2) is 0 Å². The average Bonchev–Trinajstić information content (AvgIpc) is 3.81. The lowest BCUT2D eigenvalue weighted by atomic mass is 9.95. The van der Waals surface area contributed by atoms with Gasteiger partial charge in [0.25, 0.3) is 0 Å². The minimum atomic E-state index is -0.150. The molecule has 0 spiro atoms. The summed E-state index contributed by atoms with van der Waals surface area (Å²) >= 11 is 0. The Morgan fingerprint density at radius 2 is 1.31 bits per heavy atom. The van der Waals surface area contributed by atoms with Crippen LogP contribution in [0.4, 0.5) is 5.69 Å². The van der Waals surface area contributed by atoms with Gasteiger partial charge in [0, 0.05) is 40.5 Å². The van der Waals surface area contributed by atoms with Gasteiger partial charge < -0.3 is 15.3 Å². The Morgan fingerprint density at radius 1 is 0.667 bits per heavy atom. The van der Waals surface area contributed by atoms with Gasteiger partial charge in [-0.25, -0.2) is 4.99 Å². The summed E-state index contributed by atoms with van der Waals surface area (Å²) < 4.78 is 2.37. The van der Waals surface area contributed by atoms with Gasteiger partial charge in [0.2, 0.25) is 0 Å². The Balaban J connectivity index is 0.942. The molecule has 0 fully saturated rings. The van der Waals surface area contributed by atoms with Crippen LogP contribution in [0.2, 0.25) is 0 Å². The fourth-order valence-corrected chi connectivity index (χ4v) is 7.48. The lowest BCUT2D eigenvalue weighted by Crippen LogP contribution is -2.37. The first-order valence-corrected chi connectivity index (χ1v) is 18.3. The third-order valence-corrected chi connectivity index (χ3v) is 10.0. The highest BCUT2D eigenvalue weighted by Gasteiger charge is 2.28. The molecule has 2 heterocycles. The number of aromatic nitrogens is 1. The molecule has 5 nitrogen and oxygen atoms in total. The van der Waals surface area contributed by atoms with Crippen molar-refractivity contribution in [3.63, 3.8) is 0 Å². The summed E-state index contributed by atoms with van der Waals surface area (Å²) in [5.74, 6) is 0.876. The zero-order valence-corrected chi connectivity index (χ0v) is 29.8. The van der Waals surface area contributed by atoms with E-state index >= 15 is 0 Å². The summed E-state index contributed by atoms with van der Waals surface area (Å²) in [6.45, 7) is 5.26. The maximum Gasteiger partial charge on any atom is 0.147 e. The van der Waals surface area contributed by atoms with Gasteiger partial charge in [0.1, 0.15) is 12.0 Å². The molecular weight excluding hydrogens is 659 g/mol. The van der Waals surface area contributed by atoms with E-state index in [-0.39, 0.29) is 6.17 Å². The SMILES string of the molecule is C=C(/C=C\C=C/Nc1ccc(C2N=C(c3ccccc3)NN2Cc2ccccc2)cc1)c1cc2c(c3ccccc13)c1ccccc1n2-c1ccccc1. The minimum Gasteiger partial charge on any atom is -0.362 e. The molecule has 0 saturated carbocycles.